The summed E-state index contributed by atoms with van der Waals surface area (Å²) in [4.78, 5) is 14.4. The van der Waals surface area contributed by atoms with Crippen molar-refractivity contribution in [2.75, 3.05) is 0 Å². The quantitative estimate of drug-likeness (QED) is 0.683. The van der Waals surface area contributed by atoms with Crippen LogP contribution in [0.25, 0.3) is 0 Å². The van der Waals surface area contributed by atoms with E-state index in [1.54, 1.807) is 17.0 Å². The molecule has 0 N–H and O–H groups in total. The first kappa shape index (κ1) is 17.2. The zero-order chi connectivity index (χ0) is 17.1. The number of carbonyl (C=O) groups excluding carboxylic acids is 1. The second kappa shape index (κ2) is 7.54. The molecule has 1 fully saturated rings. The van der Waals surface area contributed by atoms with E-state index >= 15 is 0 Å². The molecule has 1 aliphatic carbocycles. The fourth-order valence-electron chi connectivity index (χ4n) is 2.75. The number of rotatable bonds is 6. The van der Waals surface area contributed by atoms with Gasteiger partial charge in [0, 0.05) is 28.1 Å². The molecule has 1 saturated carbocycles. The standard InChI is InChI=1S/C19H18Cl2FNO/c20-14-4-1-3-13(11-14)7-10-19(24)23(15-8-9-15)12-16-17(21)5-2-6-18(16)22/h1-6,11,15H,7-10,12H2. The minimum atomic E-state index is -0.365. The number of hydrogen-bond acceptors (Lipinski definition) is 1. The summed E-state index contributed by atoms with van der Waals surface area (Å²) in [6.45, 7) is 0.227. The molecule has 0 unspecified atom stereocenters. The Morgan fingerprint density at radius 3 is 2.58 bits per heavy atom. The molecule has 0 aliphatic heterocycles. The Kier molecular flexibility index (Phi) is 5.42. The van der Waals surface area contributed by atoms with E-state index < -0.39 is 0 Å². The van der Waals surface area contributed by atoms with Crippen LogP contribution < -0.4 is 0 Å². The molecule has 0 heterocycles. The van der Waals surface area contributed by atoms with Gasteiger partial charge in [-0.15, -0.1) is 0 Å². The fraction of sp³-hybridized carbons (Fsp3) is 0.316. The van der Waals surface area contributed by atoms with Gasteiger partial charge in [-0.2, -0.15) is 0 Å². The third-order valence-electron chi connectivity index (χ3n) is 4.21. The first-order valence-corrected chi connectivity index (χ1v) is 8.77. The van der Waals surface area contributed by atoms with Gasteiger partial charge in [0.2, 0.25) is 5.91 Å². The molecule has 0 spiro atoms. The van der Waals surface area contributed by atoms with E-state index in [1.807, 2.05) is 24.3 Å². The molecule has 5 heteroatoms. The summed E-state index contributed by atoms with van der Waals surface area (Å²) < 4.78 is 14.0. The first-order valence-electron chi connectivity index (χ1n) is 8.01. The van der Waals surface area contributed by atoms with E-state index in [1.165, 1.54) is 6.07 Å². The Morgan fingerprint density at radius 1 is 1.17 bits per heavy atom. The highest BCUT2D eigenvalue weighted by molar-refractivity contribution is 6.31. The average molecular weight is 366 g/mol. The molecule has 24 heavy (non-hydrogen) atoms. The van der Waals surface area contributed by atoms with Gasteiger partial charge in [-0.05, 0) is 49.1 Å². The maximum absolute atomic E-state index is 14.0. The fourth-order valence-corrected chi connectivity index (χ4v) is 3.18. The van der Waals surface area contributed by atoms with Gasteiger partial charge in [-0.25, -0.2) is 4.39 Å². The van der Waals surface area contributed by atoms with Crippen LogP contribution in [0.15, 0.2) is 42.5 Å². The second-order valence-electron chi connectivity index (χ2n) is 6.08. The van der Waals surface area contributed by atoms with Gasteiger partial charge in [0.15, 0.2) is 0 Å². The summed E-state index contributed by atoms with van der Waals surface area (Å²) in [5.41, 5.74) is 1.41. The van der Waals surface area contributed by atoms with E-state index in [9.17, 15) is 9.18 Å². The number of carbonyl (C=O) groups is 1. The summed E-state index contributed by atoms with van der Waals surface area (Å²) >= 11 is 12.1. The Hall–Kier alpha value is -1.58. The summed E-state index contributed by atoms with van der Waals surface area (Å²) in [6, 6.07) is 12.3. The van der Waals surface area contributed by atoms with E-state index in [-0.39, 0.29) is 24.3 Å². The number of aryl methyl sites for hydroxylation is 1. The Morgan fingerprint density at radius 2 is 1.92 bits per heavy atom. The van der Waals surface area contributed by atoms with Crippen LogP contribution in [0.1, 0.15) is 30.4 Å². The molecular weight excluding hydrogens is 348 g/mol. The summed E-state index contributed by atoms with van der Waals surface area (Å²) in [6.07, 6.45) is 2.93. The number of halogens is 3. The lowest BCUT2D eigenvalue weighted by Gasteiger charge is -2.23. The second-order valence-corrected chi connectivity index (χ2v) is 6.93. The smallest absolute Gasteiger partial charge is 0.223 e. The highest BCUT2D eigenvalue weighted by atomic mass is 35.5. The van der Waals surface area contributed by atoms with Crippen LogP contribution in [-0.4, -0.2) is 16.8 Å². The summed E-state index contributed by atoms with van der Waals surface area (Å²) in [5, 5.41) is 1.03. The van der Waals surface area contributed by atoms with Gasteiger partial charge >= 0.3 is 0 Å². The molecule has 0 aromatic heterocycles. The van der Waals surface area contributed by atoms with Gasteiger partial charge in [0.25, 0.3) is 0 Å². The number of amides is 1. The number of hydrogen-bond donors (Lipinski definition) is 0. The number of benzene rings is 2. The molecule has 0 bridgehead atoms. The van der Waals surface area contributed by atoms with Crippen molar-refractivity contribution in [2.45, 2.75) is 38.3 Å². The highest BCUT2D eigenvalue weighted by Gasteiger charge is 2.33. The lowest BCUT2D eigenvalue weighted by atomic mass is 10.1. The molecular formula is C19H18Cl2FNO. The first-order chi connectivity index (χ1) is 11.5. The predicted octanol–water partition coefficient (Wildman–Crippen LogP) is 5.26. The van der Waals surface area contributed by atoms with Crippen molar-refractivity contribution in [3.8, 4) is 0 Å². The molecule has 0 saturated heterocycles. The van der Waals surface area contributed by atoms with E-state index in [2.05, 4.69) is 0 Å². The van der Waals surface area contributed by atoms with Crippen molar-refractivity contribution in [1.82, 2.24) is 4.90 Å². The van der Waals surface area contributed by atoms with Crippen LogP contribution in [0.3, 0.4) is 0 Å². The molecule has 1 amide bonds. The largest absolute Gasteiger partial charge is 0.335 e. The third-order valence-corrected chi connectivity index (χ3v) is 4.80. The highest BCUT2D eigenvalue weighted by Crippen LogP contribution is 2.31. The maximum atomic E-state index is 14.0. The molecule has 1 aliphatic rings. The monoisotopic (exact) mass is 365 g/mol. The Bertz CT molecular complexity index is 726. The van der Waals surface area contributed by atoms with Crippen LogP contribution in [0.5, 0.6) is 0 Å². The number of nitrogens with zero attached hydrogens (tertiary/aromatic N) is 1. The maximum Gasteiger partial charge on any atom is 0.223 e. The molecule has 2 nitrogen and oxygen atoms in total. The topological polar surface area (TPSA) is 20.3 Å². The molecule has 2 aromatic carbocycles. The van der Waals surface area contributed by atoms with Crippen molar-refractivity contribution >= 4 is 29.1 Å². The third kappa shape index (κ3) is 4.28. The molecule has 0 atom stereocenters. The Labute approximate surface area is 151 Å². The molecule has 3 rings (SSSR count). The van der Waals surface area contributed by atoms with Gasteiger partial charge in [0.1, 0.15) is 5.82 Å². The van der Waals surface area contributed by atoms with E-state index in [0.717, 1.165) is 18.4 Å². The van der Waals surface area contributed by atoms with Crippen LogP contribution >= 0.6 is 23.2 Å². The van der Waals surface area contributed by atoms with Gasteiger partial charge < -0.3 is 4.90 Å². The van der Waals surface area contributed by atoms with Crippen LogP contribution in [0.4, 0.5) is 4.39 Å². The SMILES string of the molecule is O=C(CCc1cccc(Cl)c1)N(Cc1c(F)cccc1Cl)C1CC1. The zero-order valence-electron chi connectivity index (χ0n) is 13.1. The zero-order valence-corrected chi connectivity index (χ0v) is 14.7. The summed E-state index contributed by atoms with van der Waals surface area (Å²) in [5.74, 6) is -0.340. The molecule has 126 valence electrons. The van der Waals surface area contributed by atoms with Crippen molar-refractivity contribution < 1.29 is 9.18 Å². The minimum Gasteiger partial charge on any atom is -0.335 e. The van der Waals surface area contributed by atoms with Gasteiger partial charge in [-0.1, -0.05) is 41.4 Å². The van der Waals surface area contributed by atoms with Gasteiger partial charge in [0.05, 0.1) is 6.54 Å². The van der Waals surface area contributed by atoms with Crippen molar-refractivity contribution in [3.63, 3.8) is 0 Å². The van der Waals surface area contributed by atoms with E-state index in [4.69, 9.17) is 23.2 Å². The Balaban J connectivity index is 1.68. The van der Waals surface area contributed by atoms with Crippen LogP contribution in [0, 0.1) is 5.82 Å². The van der Waals surface area contributed by atoms with Crippen LogP contribution in [-0.2, 0) is 17.8 Å². The minimum absolute atomic E-state index is 0.0248. The van der Waals surface area contributed by atoms with Crippen molar-refractivity contribution in [1.29, 1.82) is 0 Å². The van der Waals surface area contributed by atoms with E-state index in [0.29, 0.717) is 28.5 Å². The summed E-state index contributed by atoms with van der Waals surface area (Å²) in [7, 11) is 0. The normalized spacial score (nSPS) is 13.8. The van der Waals surface area contributed by atoms with Gasteiger partial charge in [-0.3, -0.25) is 4.79 Å². The van der Waals surface area contributed by atoms with Crippen molar-refractivity contribution in [3.05, 3.63) is 69.5 Å². The molecule has 0 radical (unpaired) electrons. The lowest BCUT2D eigenvalue weighted by Crippen LogP contribution is -2.33. The van der Waals surface area contributed by atoms with Crippen molar-refractivity contribution in [2.24, 2.45) is 0 Å². The van der Waals surface area contributed by atoms with Crippen LogP contribution in [0.2, 0.25) is 10.0 Å². The molecule has 2 aromatic rings. The lowest BCUT2D eigenvalue weighted by molar-refractivity contribution is -0.132. The average Bonchev–Trinajstić information content (AvgIpc) is 3.37. The predicted molar refractivity (Wildman–Crippen MR) is 94.8 cm³/mol.